The van der Waals surface area contributed by atoms with Crippen LogP contribution >= 0.6 is 11.6 Å². The minimum atomic E-state index is -1.03. The SMILES string of the molecule is CCC(C#N)(CC)NC(=O)c1cccc(Cl)c1[N+](=O)[O-]. The zero-order valence-corrected chi connectivity index (χ0v) is 11.9. The Kier molecular flexibility index (Phi) is 5.06. The van der Waals surface area contributed by atoms with Crippen molar-refractivity contribution in [3.8, 4) is 6.07 Å². The van der Waals surface area contributed by atoms with Gasteiger partial charge in [-0.3, -0.25) is 14.9 Å². The molecule has 0 radical (unpaired) electrons. The smallest absolute Gasteiger partial charge is 0.300 e. The van der Waals surface area contributed by atoms with Crippen LogP contribution in [0.5, 0.6) is 0 Å². The Balaban J connectivity index is 3.21. The van der Waals surface area contributed by atoms with Gasteiger partial charge in [-0.2, -0.15) is 5.26 Å². The average molecular weight is 296 g/mol. The molecule has 0 spiro atoms. The third kappa shape index (κ3) is 3.06. The van der Waals surface area contributed by atoms with Gasteiger partial charge in [0.05, 0.1) is 11.0 Å². The Morgan fingerprint density at radius 3 is 2.55 bits per heavy atom. The second-order valence-corrected chi connectivity index (χ2v) is 4.66. The summed E-state index contributed by atoms with van der Waals surface area (Å²) in [7, 11) is 0. The Labute approximate surface area is 121 Å². The second-order valence-electron chi connectivity index (χ2n) is 4.25. The van der Waals surface area contributed by atoms with Crippen molar-refractivity contribution < 1.29 is 9.72 Å². The number of nitrogens with one attached hydrogen (secondary N) is 1. The van der Waals surface area contributed by atoms with Gasteiger partial charge in [0, 0.05) is 0 Å². The number of carbonyl (C=O) groups is 1. The molecule has 0 bridgehead atoms. The lowest BCUT2D eigenvalue weighted by atomic mass is 9.94. The molecule has 0 saturated heterocycles. The fourth-order valence-electron chi connectivity index (χ4n) is 1.78. The summed E-state index contributed by atoms with van der Waals surface area (Å²) in [6.45, 7) is 3.53. The van der Waals surface area contributed by atoms with Gasteiger partial charge in [0.15, 0.2) is 0 Å². The van der Waals surface area contributed by atoms with E-state index in [1.165, 1.54) is 18.2 Å². The van der Waals surface area contributed by atoms with Crippen LogP contribution in [0.15, 0.2) is 18.2 Å². The van der Waals surface area contributed by atoms with Gasteiger partial charge in [-0.05, 0) is 25.0 Å². The van der Waals surface area contributed by atoms with E-state index in [2.05, 4.69) is 5.32 Å². The fourth-order valence-corrected chi connectivity index (χ4v) is 2.03. The van der Waals surface area contributed by atoms with E-state index in [0.29, 0.717) is 12.8 Å². The standard InChI is InChI=1S/C13H14ClN3O3/c1-3-13(4-2,8-15)16-12(18)9-6-5-7-10(14)11(9)17(19)20/h5-7H,3-4H2,1-2H3,(H,16,18). The Morgan fingerprint density at radius 2 is 2.10 bits per heavy atom. The van der Waals surface area contributed by atoms with Gasteiger partial charge >= 0.3 is 5.69 Å². The van der Waals surface area contributed by atoms with Crippen LogP contribution in [0.3, 0.4) is 0 Å². The van der Waals surface area contributed by atoms with E-state index in [1.807, 2.05) is 6.07 Å². The lowest BCUT2D eigenvalue weighted by Crippen LogP contribution is -2.46. The first-order valence-corrected chi connectivity index (χ1v) is 6.45. The molecule has 0 aromatic heterocycles. The number of nitrogens with zero attached hydrogens (tertiary/aromatic N) is 2. The van der Waals surface area contributed by atoms with Crippen molar-refractivity contribution in [3.63, 3.8) is 0 Å². The lowest BCUT2D eigenvalue weighted by molar-refractivity contribution is -0.385. The first-order valence-electron chi connectivity index (χ1n) is 6.07. The van der Waals surface area contributed by atoms with Gasteiger partial charge in [-0.25, -0.2) is 0 Å². The van der Waals surface area contributed by atoms with Crippen molar-refractivity contribution in [1.82, 2.24) is 5.32 Å². The van der Waals surface area contributed by atoms with E-state index in [1.54, 1.807) is 13.8 Å². The van der Waals surface area contributed by atoms with Crippen molar-refractivity contribution >= 4 is 23.2 Å². The summed E-state index contributed by atoms with van der Waals surface area (Å²) in [5, 5.41) is 22.6. The molecule has 0 heterocycles. The van der Waals surface area contributed by atoms with E-state index < -0.39 is 22.1 Å². The third-order valence-corrected chi connectivity index (χ3v) is 3.49. The summed E-state index contributed by atoms with van der Waals surface area (Å²) in [6.07, 6.45) is 0.806. The number of nitriles is 1. The fraction of sp³-hybridized carbons (Fsp3) is 0.385. The quantitative estimate of drug-likeness (QED) is 0.667. The van der Waals surface area contributed by atoms with Gasteiger partial charge in [0.1, 0.15) is 16.1 Å². The number of nitro groups is 1. The molecule has 1 N–H and O–H groups in total. The van der Waals surface area contributed by atoms with Crippen molar-refractivity contribution in [2.45, 2.75) is 32.2 Å². The van der Waals surface area contributed by atoms with Crippen LogP contribution in [-0.4, -0.2) is 16.4 Å². The normalized spacial score (nSPS) is 10.7. The molecule has 1 aromatic carbocycles. The summed E-state index contributed by atoms with van der Waals surface area (Å²) in [6, 6.07) is 6.15. The number of hydrogen-bond donors (Lipinski definition) is 1. The highest BCUT2D eigenvalue weighted by atomic mass is 35.5. The first-order chi connectivity index (χ1) is 9.40. The van der Waals surface area contributed by atoms with Gasteiger partial charge in [-0.1, -0.05) is 31.5 Å². The summed E-state index contributed by atoms with van der Waals surface area (Å²) >= 11 is 5.75. The number of amides is 1. The molecule has 1 amide bonds. The predicted molar refractivity (Wildman–Crippen MR) is 74.5 cm³/mol. The predicted octanol–water partition coefficient (Wildman–Crippen LogP) is 3.06. The number of benzene rings is 1. The monoisotopic (exact) mass is 295 g/mol. The lowest BCUT2D eigenvalue weighted by Gasteiger charge is -2.24. The number of hydrogen-bond acceptors (Lipinski definition) is 4. The van der Waals surface area contributed by atoms with Crippen LogP contribution in [-0.2, 0) is 0 Å². The van der Waals surface area contributed by atoms with Crippen LogP contribution in [0.1, 0.15) is 37.0 Å². The van der Waals surface area contributed by atoms with Gasteiger partial charge in [0.25, 0.3) is 5.91 Å². The number of halogens is 1. The molecule has 7 heteroatoms. The van der Waals surface area contributed by atoms with Crippen molar-refractivity contribution in [2.24, 2.45) is 0 Å². The third-order valence-electron chi connectivity index (χ3n) is 3.19. The molecule has 0 aliphatic heterocycles. The van der Waals surface area contributed by atoms with Gasteiger partial charge in [-0.15, -0.1) is 0 Å². The Hall–Kier alpha value is -2.13. The van der Waals surface area contributed by atoms with Gasteiger partial charge in [0.2, 0.25) is 0 Å². The topological polar surface area (TPSA) is 96.0 Å². The van der Waals surface area contributed by atoms with Crippen LogP contribution in [0, 0.1) is 21.4 Å². The van der Waals surface area contributed by atoms with Gasteiger partial charge < -0.3 is 5.32 Å². The summed E-state index contributed by atoms with van der Waals surface area (Å²) in [5.74, 6) is -0.676. The average Bonchev–Trinajstić information content (AvgIpc) is 2.44. The number of para-hydroxylation sites is 1. The zero-order chi connectivity index (χ0) is 15.3. The highest BCUT2D eigenvalue weighted by Crippen LogP contribution is 2.28. The number of nitro benzene ring substituents is 1. The highest BCUT2D eigenvalue weighted by Gasteiger charge is 2.31. The number of carbonyl (C=O) groups excluding carboxylic acids is 1. The van der Waals surface area contributed by atoms with E-state index in [4.69, 9.17) is 11.6 Å². The summed E-state index contributed by atoms with van der Waals surface area (Å²) in [5.41, 5.74) is -1.64. The van der Waals surface area contributed by atoms with Crippen molar-refractivity contribution in [2.75, 3.05) is 0 Å². The van der Waals surface area contributed by atoms with Crippen LogP contribution in [0.25, 0.3) is 0 Å². The molecule has 1 rings (SSSR count). The Morgan fingerprint density at radius 1 is 1.50 bits per heavy atom. The zero-order valence-electron chi connectivity index (χ0n) is 11.1. The second kappa shape index (κ2) is 6.35. The highest BCUT2D eigenvalue weighted by molar-refractivity contribution is 6.33. The summed E-state index contributed by atoms with van der Waals surface area (Å²) < 4.78 is 0. The molecular formula is C13H14ClN3O3. The largest absolute Gasteiger partial charge is 0.334 e. The molecule has 0 unspecified atom stereocenters. The molecule has 0 aliphatic carbocycles. The maximum Gasteiger partial charge on any atom is 0.300 e. The Bertz CT molecular complexity index is 577. The molecule has 0 saturated carbocycles. The molecule has 20 heavy (non-hydrogen) atoms. The molecular weight excluding hydrogens is 282 g/mol. The minimum Gasteiger partial charge on any atom is -0.334 e. The van der Waals surface area contributed by atoms with E-state index in [9.17, 15) is 20.2 Å². The molecule has 0 atom stereocenters. The maximum absolute atomic E-state index is 12.2. The molecule has 0 fully saturated rings. The van der Waals surface area contributed by atoms with Crippen LogP contribution in [0.4, 0.5) is 5.69 Å². The van der Waals surface area contributed by atoms with E-state index in [0.717, 1.165) is 0 Å². The van der Waals surface area contributed by atoms with Crippen LogP contribution in [0.2, 0.25) is 5.02 Å². The number of rotatable bonds is 5. The van der Waals surface area contributed by atoms with Crippen molar-refractivity contribution in [1.29, 1.82) is 5.26 Å². The van der Waals surface area contributed by atoms with E-state index >= 15 is 0 Å². The van der Waals surface area contributed by atoms with Crippen LogP contribution < -0.4 is 5.32 Å². The first kappa shape index (κ1) is 15.9. The van der Waals surface area contributed by atoms with E-state index in [-0.39, 0.29) is 10.6 Å². The molecule has 106 valence electrons. The minimum absolute atomic E-state index is 0.113. The maximum atomic E-state index is 12.2. The summed E-state index contributed by atoms with van der Waals surface area (Å²) in [4.78, 5) is 22.5. The van der Waals surface area contributed by atoms with Crippen molar-refractivity contribution in [3.05, 3.63) is 38.9 Å². The molecule has 6 nitrogen and oxygen atoms in total. The molecule has 0 aliphatic rings. The molecule has 1 aromatic rings.